The number of hydrogen-bond acceptors (Lipinski definition) is 4. The lowest BCUT2D eigenvalue weighted by Crippen LogP contribution is -1.97. The topological polar surface area (TPSA) is 55.2 Å². The van der Waals surface area contributed by atoms with Crippen molar-refractivity contribution in [2.45, 2.75) is 32.7 Å². The molecule has 0 radical (unpaired) electrons. The van der Waals surface area contributed by atoms with E-state index in [-0.39, 0.29) is 9.92 Å². The van der Waals surface area contributed by atoms with Gasteiger partial charge in [0.05, 0.1) is 4.92 Å². The number of hydrogen-bond donors (Lipinski definition) is 1. The van der Waals surface area contributed by atoms with E-state index in [9.17, 15) is 10.1 Å². The maximum atomic E-state index is 10.6. The van der Waals surface area contributed by atoms with Crippen molar-refractivity contribution in [3.63, 3.8) is 0 Å². The Morgan fingerprint density at radius 3 is 2.55 bits per heavy atom. The molecular weight excluding hydrogens is 272 g/mol. The fourth-order valence-electron chi connectivity index (χ4n) is 1.92. The second-order valence-corrected chi connectivity index (χ2v) is 5.80. The number of nitro groups is 1. The molecule has 2 aromatic rings. The van der Waals surface area contributed by atoms with Crippen LogP contribution < -0.4 is 5.32 Å². The van der Waals surface area contributed by atoms with Crippen LogP contribution >= 0.6 is 11.3 Å². The van der Waals surface area contributed by atoms with Gasteiger partial charge < -0.3 is 5.32 Å². The summed E-state index contributed by atoms with van der Waals surface area (Å²) < 4.78 is 0. The van der Waals surface area contributed by atoms with Gasteiger partial charge in [0.25, 0.3) is 0 Å². The van der Waals surface area contributed by atoms with E-state index in [1.807, 2.05) is 0 Å². The highest BCUT2D eigenvalue weighted by molar-refractivity contribution is 7.15. The van der Waals surface area contributed by atoms with Gasteiger partial charge in [-0.3, -0.25) is 10.1 Å². The zero-order valence-corrected chi connectivity index (χ0v) is 12.3. The number of benzene rings is 1. The second-order valence-electron chi connectivity index (χ2n) is 4.65. The smallest absolute Gasteiger partial charge is 0.324 e. The van der Waals surface area contributed by atoms with Gasteiger partial charge in [0.2, 0.25) is 0 Å². The van der Waals surface area contributed by atoms with Crippen LogP contribution in [0.5, 0.6) is 0 Å². The highest BCUT2D eigenvalue weighted by atomic mass is 32.1. The summed E-state index contributed by atoms with van der Waals surface area (Å²) in [7, 11) is 0. The summed E-state index contributed by atoms with van der Waals surface area (Å²) in [6, 6.07) is 11.7. The molecule has 2 rings (SSSR count). The molecule has 1 aromatic carbocycles. The first kappa shape index (κ1) is 14.5. The van der Waals surface area contributed by atoms with Gasteiger partial charge >= 0.3 is 5.00 Å². The van der Waals surface area contributed by atoms with Crippen LogP contribution in [0.3, 0.4) is 0 Å². The molecule has 0 saturated carbocycles. The van der Waals surface area contributed by atoms with Gasteiger partial charge in [-0.15, -0.1) is 0 Å². The summed E-state index contributed by atoms with van der Waals surface area (Å²) in [5.74, 6) is 0. The molecule has 0 saturated heterocycles. The van der Waals surface area contributed by atoms with Gasteiger partial charge in [-0.25, -0.2) is 0 Å². The Bertz CT molecular complexity index is 564. The number of aryl methyl sites for hydroxylation is 1. The summed E-state index contributed by atoms with van der Waals surface area (Å²) in [6.07, 6.45) is 3.54. The van der Waals surface area contributed by atoms with Crippen LogP contribution in [0.2, 0.25) is 0 Å². The van der Waals surface area contributed by atoms with Crippen LogP contribution in [0.1, 0.15) is 30.2 Å². The quantitative estimate of drug-likeness (QED) is 0.598. The molecule has 0 aliphatic heterocycles. The lowest BCUT2D eigenvalue weighted by molar-refractivity contribution is -0.380. The summed E-state index contributed by atoms with van der Waals surface area (Å²) in [5, 5.41) is 14.1. The van der Waals surface area contributed by atoms with E-state index in [1.54, 1.807) is 12.1 Å². The Balaban J connectivity index is 1.88. The molecule has 0 aliphatic carbocycles. The minimum atomic E-state index is -0.351. The Morgan fingerprint density at radius 1 is 1.20 bits per heavy atom. The van der Waals surface area contributed by atoms with Gasteiger partial charge in [-0.05, 0) is 36.6 Å². The first-order valence-corrected chi connectivity index (χ1v) is 7.56. The largest absolute Gasteiger partial charge is 0.380 e. The Hall–Kier alpha value is -1.88. The molecule has 0 unspecified atom stereocenters. The van der Waals surface area contributed by atoms with Gasteiger partial charge in [0.1, 0.15) is 0 Å². The van der Waals surface area contributed by atoms with Crippen molar-refractivity contribution in [3.8, 4) is 0 Å². The van der Waals surface area contributed by atoms with Crippen molar-refractivity contribution in [1.82, 2.24) is 0 Å². The normalized spacial score (nSPS) is 10.4. The van der Waals surface area contributed by atoms with Crippen molar-refractivity contribution >= 4 is 22.0 Å². The van der Waals surface area contributed by atoms with E-state index in [4.69, 9.17) is 0 Å². The van der Waals surface area contributed by atoms with E-state index in [0.717, 1.165) is 17.0 Å². The molecule has 5 heteroatoms. The molecule has 1 N–H and O–H groups in total. The van der Waals surface area contributed by atoms with Gasteiger partial charge in [0, 0.05) is 23.2 Å². The van der Waals surface area contributed by atoms with E-state index in [0.29, 0.717) is 6.54 Å². The summed E-state index contributed by atoms with van der Waals surface area (Å²) in [4.78, 5) is 11.2. The Morgan fingerprint density at radius 2 is 1.95 bits per heavy atom. The fourth-order valence-corrected chi connectivity index (χ4v) is 2.68. The summed E-state index contributed by atoms with van der Waals surface area (Å²) in [6.45, 7) is 2.81. The van der Waals surface area contributed by atoms with Gasteiger partial charge in [-0.2, -0.15) is 0 Å². The predicted octanol–water partition coefficient (Wildman–Crippen LogP) is 4.61. The van der Waals surface area contributed by atoms with Crippen LogP contribution in [-0.2, 0) is 13.0 Å². The van der Waals surface area contributed by atoms with Crippen molar-refractivity contribution in [3.05, 3.63) is 57.0 Å². The van der Waals surface area contributed by atoms with Crippen LogP contribution in [0.15, 0.2) is 36.4 Å². The lowest BCUT2D eigenvalue weighted by atomic mass is 10.1. The van der Waals surface area contributed by atoms with Crippen LogP contribution in [0.4, 0.5) is 10.7 Å². The minimum Gasteiger partial charge on any atom is -0.380 e. The van der Waals surface area contributed by atoms with Gasteiger partial charge in [0.15, 0.2) is 0 Å². The third kappa shape index (κ3) is 4.06. The number of anilines is 1. The van der Waals surface area contributed by atoms with E-state index in [1.165, 1.54) is 29.7 Å². The number of unbranched alkanes of at least 4 members (excludes halogenated alkanes) is 1. The van der Waals surface area contributed by atoms with Crippen LogP contribution in [0.25, 0.3) is 0 Å². The van der Waals surface area contributed by atoms with E-state index >= 15 is 0 Å². The monoisotopic (exact) mass is 290 g/mol. The van der Waals surface area contributed by atoms with Crippen LogP contribution in [-0.4, -0.2) is 4.92 Å². The second kappa shape index (κ2) is 7.05. The standard InChI is InChI=1S/C15H18N2O2S/c1-2-3-4-12-5-7-13(8-6-12)16-11-14-9-10-15(20-14)17(18)19/h5-10,16H,2-4,11H2,1H3. The first-order chi connectivity index (χ1) is 9.69. The Kier molecular flexibility index (Phi) is 5.12. The highest BCUT2D eigenvalue weighted by Crippen LogP contribution is 2.24. The average Bonchev–Trinajstić information content (AvgIpc) is 2.93. The van der Waals surface area contributed by atoms with E-state index in [2.05, 4.69) is 36.5 Å². The maximum absolute atomic E-state index is 10.6. The molecule has 4 nitrogen and oxygen atoms in total. The average molecular weight is 290 g/mol. The van der Waals surface area contributed by atoms with Crippen molar-refractivity contribution < 1.29 is 4.92 Å². The minimum absolute atomic E-state index is 0.191. The third-order valence-corrected chi connectivity index (χ3v) is 4.10. The maximum Gasteiger partial charge on any atom is 0.324 e. The summed E-state index contributed by atoms with van der Waals surface area (Å²) >= 11 is 1.21. The number of rotatable bonds is 7. The number of nitrogens with zero attached hydrogens (tertiary/aromatic N) is 1. The molecular formula is C15H18N2O2S. The SMILES string of the molecule is CCCCc1ccc(NCc2ccc([N+](=O)[O-])s2)cc1. The van der Waals surface area contributed by atoms with Crippen LogP contribution in [0, 0.1) is 10.1 Å². The predicted molar refractivity (Wildman–Crippen MR) is 83.4 cm³/mol. The lowest BCUT2D eigenvalue weighted by Gasteiger charge is -2.06. The number of nitrogens with one attached hydrogen (secondary N) is 1. The zero-order chi connectivity index (χ0) is 14.4. The molecule has 0 amide bonds. The zero-order valence-electron chi connectivity index (χ0n) is 11.5. The molecule has 0 bridgehead atoms. The third-order valence-electron chi connectivity index (χ3n) is 3.07. The van der Waals surface area contributed by atoms with Gasteiger partial charge in [-0.1, -0.05) is 36.8 Å². The fraction of sp³-hybridized carbons (Fsp3) is 0.333. The van der Waals surface area contributed by atoms with E-state index < -0.39 is 0 Å². The van der Waals surface area contributed by atoms with Crippen molar-refractivity contribution in [2.24, 2.45) is 0 Å². The number of thiophene rings is 1. The molecule has 20 heavy (non-hydrogen) atoms. The van der Waals surface area contributed by atoms with Crippen molar-refractivity contribution in [1.29, 1.82) is 0 Å². The molecule has 1 heterocycles. The molecule has 0 aliphatic rings. The first-order valence-electron chi connectivity index (χ1n) is 6.75. The Labute approximate surface area is 122 Å². The summed E-state index contributed by atoms with van der Waals surface area (Å²) in [5.41, 5.74) is 2.39. The van der Waals surface area contributed by atoms with Crippen molar-refractivity contribution in [2.75, 3.05) is 5.32 Å². The molecule has 106 valence electrons. The highest BCUT2D eigenvalue weighted by Gasteiger charge is 2.09. The molecule has 0 atom stereocenters. The molecule has 1 aromatic heterocycles. The molecule has 0 fully saturated rings. The molecule has 0 spiro atoms.